The smallest absolute Gasteiger partial charge is 0.234 e. The van der Waals surface area contributed by atoms with E-state index in [1.54, 1.807) is 36.7 Å². The summed E-state index contributed by atoms with van der Waals surface area (Å²) < 4.78 is 0. The molecule has 2 heterocycles. The first-order valence-corrected chi connectivity index (χ1v) is 8.72. The van der Waals surface area contributed by atoms with E-state index in [1.807, 2.05) is 12.1 Å². The molecule has 8 nitrogen and oxygen atoms in total. The van der Waals surface area contributed by atoms with Crippen molar-refractivity contribution in [1.82, 2.24) is 20.2 Å². The van der Waals surface area contributed by atoms with E-state index >= 15 is 0 Å². The van der Waals surface area contributed by atoms with Gasteiger partial charge in [0, 0.05) is 36.3 Å². The number of carbonyl (C=O) groups is 2. The van der Waals surface area contributed by atoms with Gasteiger partial charge in [-0.1, -0.05) is 17.8 Å². The second-order valence-corrected chi connectivity index (χ2v) is 6.24. The number of H-pyrrole nitrogens is 1. The Balaban J connectivity index is 1.55. The van der Waals surface area contributed by atoms with E-state index in [1.165, 1.54) is 18.7 Å². The average molecular weight is 368 g/mol. The summed E-state index contributed by atoms with van der Waals surface area (Å²) in [6.07, 6.45) is 3.35. The summed E-state index contributed by atoms with van der Waals surface area (Å²) in [6, 6.07) is 10.6. The molecule has 0 radical (unpaired) electrons. The molecule has 0 fully saturated rings. The monoisotopic (exact) mass is 368 g/mol. The molecule has 26 heavy (non-hydrogen) atoms. The number of thioether (sulfide) groups is 1. The Labute approximate surface area is 153 Å². The van der Waals surface area contributed by atoms with Crippen LogP contribution in [-0.4, -0.2) is 37.7 Å². The van der Waals surface area contributed by atoms with Crippen LogP contribution in [0.1, 0.15) is 6.92 Å². The molecule has 0 unspecified atom stereocenters. The zero-order valence-electron chi connectivity index (χ0n) is 13.9. The molecule has 0 bridgehead atoms. The molecule has 3 rings (SSSR count). The van der Waals surface area contributed by atoms with Crippen LogP contribution in [0.25, 0.3) is 11.4 Å². The fraction of sp³-hybridized carbons (Fsp3) is 0.118. The van der Waals surface area contributed by atoms with Crippen molar-refractivity contribution in [2.24, 2.45) is 0 Å². The molecule has 0 aliphatic heterocycles. The first-order chi connectivity index (χ1) is 12.6. The van der Waals surface area contributed by atoms with Gasteiger partial charge in [0.15, 0.2) is 5.82 Å². The number of anilines is 2. The van der Waals surface area contributed by atoms with Crippen LogP contribution in [0.5, 0.6) is 0 Å². The third-order valence-electron chi connectivity index (χ3n) is 3.22. The van der Waals surface area contributed by atoms with Crippen molar-refractivity contribution < 1.29 is 9.59 Å². The Hall–Kier alpha value is -3.20. The first kappa shape index (κ1) is 17.6. The number of aromatic nitrogens is 4. The molecule has 2 aromatic heterocycles. The van der Waals surface area contributed by atoms with Crippen LogP contribution in [0.4, 0.5) is 11.4 Å². The second kappa shape index (κ2) is 8.26. The first-order valence-electron chi connectivity index (χ1n) is 7.73. The van der Waals surface area contributed by atoms with Gasteiger partial charge < -0.3 is 10.6 Å². The quantitative estimate of drug-likeness (QED) is 0.576. The standard InChI is InChI=1S/C17H16N6O2S/c1-11(24)19-13-3-2-4-14(9-13)20-15(25)10-26-17-21-16(22-23-17)12-5-7-18-8-6-12/h2-9H,10H2,1H3,(H,19,24)(H,20,25)(H,21,22,23). The van der Waals surface area contributed by atoms with Crippen molar-refractivity contribution in [2.75, 3.05) is 16.4 Å². The summed E-state index contributed by atoms with van der Waals surface area (Å²) in [6.45, 7) is 1.43. The molecule has 132 valence electrons. The van der Waals surface area contributed by atoms with E-state index in [2.05, 4.69) is 30.8 Å². The molecular weight excluding hydrogens is 352 g/mol. The van der Waals surface area contributed by atoms with Crippen LogP contribution >= 0.6 is 11.8 Å². The van der Waals surface area contributed by atoms with Crippen molar-refractivity contribution in [1.29, 1.82) is 0 Å². The molecular formula is C17H16N6O2S. The van der Waals surface area contributed by atoms with Gasteiger partial charge in [-0.15, -0.1) is 5.10 Å². The Morgan fingerprint density at radius 3 is 2.58 bits per heavy atom. The van der Waals surface area contributed by atoms with E-state index in [4.69, 9.17) is 0 Å². The second-order valence-electron chi connectivity index (χ2n) is 5.30. The number of carbonyl (C=O) groups excluding carboxylic acids is 2. The van der Waals surface area contributed by atoms with Gasteiger partial charge in [-0.2, -0.15) is 0 Å². The molecule has 3 N–H and O–H groups in total. The predicted molar refractivity (Wildman–Crippen MR) is 99.7 cm³/mol. The highest BCUT2D eigenvalue weighted by Gasteiger charge is 2.09. The summed E-state index contributed by atoms with van der Waals surface area (Å²) in [4.78, 5) is 31.5. The number of pyridine rings is 1. The number of amides is 2. The highest BCUT2D eigenvalue weighted by atomic mass is 32.2. The van der Waals surface area contributed by atoms with Crippen molar-refractivity contribution in [3.8, 4) is 11.4 Å². The Bertz CT molecular complexity index is 912. The lowest BCUT2D eigenvalue weighted by molar-refractivity contribution is -0.114. The van der Waals surface area contributed by atoms with E-state index in [-0.39, 0.29) is 17.6 Å². The van der Waals surface area contributed by atoms with E-state index in [0.717, 1.165) is 5.56 Å². The zero-order valence-corrected chi connectivity index (χ0v) is 14.7. The topological polar surface area (TPSA) is 113 Å². The maximum absolute atomic E-state index is 12.1. The van der Waals surface area contributed by atoms with Gasteiger partial charge in [-0.25, -0.2) is 4.98 Å². The minimum Gasteiger partial charge on any atom is -0.326 e. The van der Waals surface area contributed by atoms with Gasteiger partial charge in [-0.05, 0) is 30.3 Å². The third-order valence-corrected chi connectivity index (χ3v) is 4.07. The van der Waals surface area contributed by atoms with Crippen molar-refractivity contribution >= 4 is 35.0 Å². The zero-order chi connectivity index (χ0) is 18.4. The molecule has 0 saturated heterocycles. The normalized spacial score (nSPS) is 10.3. The van der Waals surface area contributed by atoms with Crippen LogP contribution in [0.3, 0.4) is 0 Å². The van der Waals surface area contributed by atoms with Crippen molar-refractivity contribution in [2.45, 2.75) is 12.1 Å². The summed E-state index contributed by atoms with van der Waals surface area (Å²) in [5.41, 5.74) is 2.10. The lowest BCUT2D eigenvalue weighted by Gasteiger charge is -2.07. The number of aromatic amines is 1. The number of benzene rings is 1. The van der Waals surface area contributed by atoms with Gasteiger partial charge in [0.25, 0.3) is 0 Å². The largest absolute Gasteiger partial charge is 0.326 e. The molecule has 2 amide bonds. The Morgan fingerprint density at radius 1 is 1.12 bits per heavy atom. The van der Waals surface area contributed by atoms with E-state index < -0.39 is 0 Å². The van der Waals surface area contributed by atoms with Gasteiger partial charge in [-0.3, -0.25) is 19.7 Å². The highest BCUT2D eigenvalue weighted by Crippen LogP contribution is 2.19. The Kier molecular flexibility index (Phi) is 5.59. The molecule has 0 atom stereocenters. The lowest BCUT2D eigenvalue weighted by Crippen LogP contribution is -2.14. The van der Waals surface area contributed by atoms with Crippen LogP contribution in [0.2, 0.25) is 0 Å². The van der Waals surface area contributed by atoms with Crippen LogP contribution in [0, 0.1) is 0 Å². The van der Waals surface area contributed by atoms with Crippen LogP contribution in [0.15, 0.2) is 53.9 Å². The number of rotatable bonds is 6. The minimum absolute atomic E-state index is 0.165. The van der Waals surface area contributed by atoms with Crippen LogP contribution in [-0.2, 0) is 9.59 Å². The minimum atomic E-state index is -0.190. The molecule has 1 aromatic carbocycles. The van der Waals surface area contributed by atoms with Crippen molar-refractivity contribution in [3.63, 3.8) is 0 Å². The number of nitrogens with zero attached hydrogens (tertiary/aromatic N) is 3. The van der Waals surface area contributed by atoms with E-state index in [0.29, 0.717) is 22.4 Å². The molecule has 0 spiro atoms. The summed E-state index contributed by atoms with van der Waals surface area (Å²) in [5, 5.41) is 12.9. The lowest BCUT2D eigenvalue weighted by atomic mass is 10.2. The average Bonchev–Trinajstić information content (AvgIpc) is 3.09. The molecule has 9 heteroatoms. The number of hydrogen-bond acceptors (Lipinski definition) is 6. The molecule has 3 aromatic rings. The van der Waals surface area contributed by atoms with Gasteiger partial charge in [0.1, 0.15) is 0 Å². The summed E-state index contributed by atoms with van der Waals surface area (Å²) >= 11 is 1.23. The molecule has 0 saturated carbocycles. The van der Waals surface area contributed by atoms with Gasteiger partial charge in [0.05, 0.1) is 5.75 Å². The molecule has 0 aliphatic carbocycles. The highest BCUT2D eigenvalue weighted by molar-refractivity contribution is 7.99. The maximum atomic E-state index is 12.1. The maximum Gasteiger partial charge on any atom is 0.234 e. The van der Waals surface area contributed by atoms with E-state index in [9.17, 15) is 9.59 Å². The molecule has 0 aliphatic rings. The summed E-state index contributed by atoms with van der Waals surface area (Å²) in [7, 11) is 0. The van der Waals surface area contributed by atoms with Crippen molar-refractivity contribution in [3.05, 3.63) is 48.8 Å². The summed E-state index contributed by atoms with van der Waals surface area (Å²) in [5.74, 6) is 0.431. The SMILES string of the molecule is CC(=O)Nc1cccc(NC(=O)CSc2n[nH]c(-c3ccncc3)n2)c1. The Morgan fingerprint density at radius 2 is 1.85 bits per heavy atom. The fourth-order valence-corrected chi connectivity index (χ4v) is 2.75. The third kappa shape index (κ3) is 4.90. The van der Waals surface area contributed by atoms with Crippen LogP contribution < -0.4 is 10.6 Å². The van der Waals surface area contributed by atoms with Gasteiger partial charge >= 0.3 is 0 Å². The number of nitrogens with one attached hydrogen (secondary N) is 3. The predicted octanol–water partition coefficient (Wildman–Crippen LogP) is 2.56. The number of hydrogen-bond donors (Lipinski definition) is 3. The fourth-order valence-electron chi connectivity index (χ4n) is 2.15. The van der Waals surface area contributed by atoms with Gasteiger partial charge in [0.2, 0.25) is 17.0 Å².